The van der Waals surface area contributed by atoms with Crippen LogP contribution in [0, 0.1) is 18.6 Å². The lowest BCUT2D eigenvalue weighted by molar-refractivity contribution is 0.601. The van der Waals surface area contributed by atoms with Crippen LogP contribution in [0.4, 0.5) is 8.78 Å². The molecule has 0 unspecified atom stereocenters. The molecule has 3 heterocycles. The van der Waals surface area contributed by atoms with E-state index in [1.165, 1.54) is 15.9 Å². The smallest absolute Gasteiger partial charge is 0.235 e. The Bertz CT molecular complexity index is 1050. The van der Waals surface area contributed by atoms with Crippen molar-refractivity contribution < 1.29 is 8.78 Å². The number of nitrogens with zero attached hydrogens (tertiary/aromatic N) is 6. The van der Waals surface area contributed by atoms with Gasteiger partial charge < -0.3 is 0 Å². The Kier molecular flexibility index (Phi) is 3.38. The zero-order chi connectivity index (χ0) is 16.8. The highest BCUT2D eigenvalue weighted by atomic mass is 32.1. The van der Waals surface area contributed by atoms with Crippen molar-refractivity contribution in [3.63, 3.8) is 0 Å². The van der Waals surface area contributed by atoms with Crippen LogP contribution in [0.15, 0.2) is 24.3 Å². The van der Waals surface area contributed by atoms with Crippen LogP contribution in [0.2, 0.25) is 0 Å². The standard InChI is InChI=1S/C15H12F2N6S/c1-3-22-8(2)6-12(20-22)14-21-23-13(18-19-15(23)24-14)10-7-9(16)4-5-11(10)17/h4-7H,3H2,1-2H3. The maximum Gasteiger partial charge on any atom is 0.235 e. The minimum absolute atomic E-state index is 0.0228. The summed E-state index contributed by atoms with van der Waals surface area (Å²) in [5, 5.41) is 17.5. The third-order valence-corrected chi connectivity index (χ3v) is 4.58. The molecule has 0 saturated carbocycles. The van der Waals surface area contributed by atoms with Crippen LogP contribution in [0.3, 0.4) is 0 Å². The molecular formula is C15H12F2N6S. The zero-order valence-electron chi connectivity index (χ0n) is 12.9. The molecule has 3 aromatic heterocycles. The summed E-state index contributed by atoms with van der Waals surface area (Å²) in [5.41, 5.74) is 1.76. The van der Waals surface area contributed by atoms with Crippen molar-refractivity contribution in [2.24, 2.45) is 0 Å². The summed E-state index contributed by atoms with van der Waals surface area (Å²) in [7, 11) is 0. The molecule has 0 aliphatic carbocycles. The molecule has 0 aliphatic heterocycles. The Balaban J connectivity index is 1.85. The Hall–Kier alpha value is -2.68. The summed E-state index contributed by atoms with van der Waals surface area (Å²) in [5.74, 6) is -0.960. The summed E-state index contributed by atoms with van der Waals surface area (Å²) >= 11 is 1.29. The average molecular weight is 346 g/mol. The molecule has 0 fully saturated rings. The van der Waals surface area contributed by atoms with Gasteiger partial charge in [0.25, 0.3) is 0 Å². The van der Waals surface area contributed by atoms with Gasteiger partial charge in [0.15, 0.2) is 10.8 Å². The third-order valence-electron chi connectivity index (χ3n) is 3.66. The molecule has 0 amide bonds. The Labute approximate surface area is 139 Å². The highest BCUT2D eigenvalue weighted by Crippen LogP contribution is 2.29. The molecule has 0 atom stereocenters. The number of halogens is 2. The molecule has 0 bridgehead atoms. The van der Waals surface area contributed by atoms with Gasteiger partial charge in [-0.25, -0.2) is 8.78 Å². The Morgan fingerprint density at radius 2 is 1.96 bits per heavy atom. The van der Waals surface area contributed by atoms with Gasteiger partial charge in [-0.2, -0.15) is 14.7 Å². The first-order valence-electron chi connectivity index (χ1n) is 7.29. The quantitative estimate of drug-likeness (QED) is 0.571. The molecule has 9 heteroatoms. The first kappa shape index (κ1) is 14.9. The van der Waals surface area contributed by atoms with Gasteiger partial charge in [-0.05, 0) is 38.1 Å². The maximum absolute atomic E-state index is 14.0. The van der Waals surface area contributed by atoms with Gasteiger partial charge in [-0.3, -0.25) is 4.68 Å². The molecule has 0 aliphatic rings. The average Bonchev–Trinajstić information content (AvgIpc) is 3.23. The summed E-state index contributed by atoms with van der Waals surface area (Å²) in [4.78, 5) is 0.493. The van der Waals surface area contributed by atoms with Crippen LogP contribution >= 0.6 is 11.3 Å². The van der Waals surface area contributed by atoms with Crippen molar-refractivity contribution in [2.75, 3.05) is 0 Å². The minimum atomic E-state index is -0.577. The summed E-state index contributed by atoms with van der Waals surface area (Å²) in [6, 6.07) is 5.13. The zero-order valence-corrected chi connectivity index (χ0v) is 13.7. The summed E-state index contributed by atoms with van der Waals surface area (Å²) in [6.45, 7) is 4.73. The van der Waals surface area contributed by atoms with E-state index in [9.17, 15) is 8.78 Å². The van der Waals surface area contributed by atoms with E-state index in [2.05, 4.69) is 20.4 Å². The summed E-state index contributed by atoms with van der Waals surface area (Å²) in [6.07, 6.45) is 0. The van der Waals surface area contributed by atoms with E-state index >= 15 is 0 Å². The lowest BCUT2D eigenvalue weighted by atomic mass is 10.2. The first-order chi connectivity index (χ1) is 11.6. The first-order valence-corrected chi connectivity index (χ1v) is 8.11. The van der Waals surface area contributed by atoms with Gasteiger partial charge in [0.1, 0.15) is 17.3 Å². The van der Waals surface area contributed by atoms with E-state index in [0.29, 0.717) is 9.97 Å². The molecule has 0 radical (unpaired) electrons. The fraction of sp³-hybridized carbons (Fsp3) is 0.200. The van der Waals surface area contributed by atoms with Gasteiger partial charge in [0.05, 0.1) is 5.56 Å². The Morgan fingerprint density at radius 3 is 2.71 bits per heavy atom. The van der Waals surface area contributed by atoms with Gasteiger partial charge in [0, 0.05) is 12.2 Å². The van der Waals surface area contributed by atoms with Crippen molar-refractivity contribution in [1.82, 2.24) is 29.6 Å². The molecule has 4 rings (SSSR count). The third kappa shape index (κ3) is 2.28. The number of benzene rings is 1. The largest absolute Gasteiger partial charge is 0.269 e. The topological polar surface area (TPSA) is 60.9 Å². The molecule has 4 aromatic rings. The highest BCUT2D eigenvalue weighted by Gasteiger charge is 2.19. The molecular weight excluding hydrogens is 334 g/mol. The van der Waals surface area contributed by atoms with Crippen molar-refractivity contribution in [3.05, 3.63) is 41.6 Å². The summed E-state index contributed by atoms with van der Waals surface area (Å²) < 4.78 is 30.7. The molecule has 1 aromatic carbocycles. The van der Waals surface area contributed by atoms with Crippen molar-refractivity contribution in [3.8, 4) is 22.1 Å². The number of aryl methyl sites for hydroxylation is 2. The highest BCUT2D eigenvalue weighted by molar-refractivity contribution is 7.19. The fourth-order valence-electron chi connectivity index (χ4n) is 2.49. The normalized spacial score (nSPS) is 11.5. The van der Waals surface area contributed by atoms with Gasteiger partial charge in [-0.15, -0.1) is 10.2 Å². The monoisotopic (exact) mass is 346 g/mol. The number of hydrogen-bond donors (Lipinski definition) is 0. The lowest BCUT2D eigenvalue weighted by Crippen LogP contribution is -1.98. The maximum atomic E-state index is 14.0. The second-order valence-electron chi connectivity index (χ2n) is 5.24. The van der Waals surface area contributed by atoms with Crippen LogP contribution in [0.5, 0.6) is 0 Å². The second kappa shape index (κ2) is 5.45. The minimum Gasteiger partial charge on any atom is -0.269 e. The number of fused-ring (bicyclic) bond motifs is 1. The number of rotatable bonds is 3. The van der Waals surface area contributed by atoms with Crippen molar-refractivity contribution in [2.45, 2.75) is 20.4 Å². The van der Waals surface area contributed by atoms with Crippen molar-refractivity contribution in [1.29, 1.82) is 0 Å². The van der Waals surface area contributed by atoms with E-state index in [-0.39, 0.29) is 11.4 Å². The molecule has 122 valence electrons. The van der Waals surface area contributed by atoms with Gasteiger partial charge >= 0.3 is 0 Å². The number of hydrogen-bond acceptors (Lipinski definition) is 5. The van der Waals surface area contributed by atoms with Crippen LogP contribution < -0.4 is 0 Å². The molecule has 24 heavy (non-hydrogen) atoms. The van der Waals surface area contributed by atoms with E-state index in [4.69, 9.17) is 0 Å². The van der Waals surface area contributed by atoms with E-state index in [1.807, 2.05) is 24.6 Å². The lowest BCUT2D eigenvalue weighted by Gasteiger charge is -1.99. The predicted molar refractivity (Wildman–Crippen MR) is 85.6 cm³/mol. The Morgan fingerprint density at radius 1 is 1.12 bits per heavy atom. The van der Waals surface area contributed by atoms with Crippen LogP contribution in [-0.4, -0.2) is 29.6 Å². The van der Waals surface area contributed by atoms with Gasteiger partial charge in [0.2, 0.25) is 4.96 Å². The fourth-order valence-corrected chi connectivity index (χ4v) is 3.29. The molecule has 0 N–H and O–H groups in total. The number of aromatic nitrogens is 6. The van der Waals surface area contributed by atoms with Crippen molar-refractivity contribution >= 4 is 16.3 Å². The van der Waals surface area contributed by atoms with Gasteiger partial charge in [-0.1, -0.05) is 11.3 Å². The SMILES string of the molecule is CCn1nc(-c2nn3c(-c4cc(F)ccc4F)nnc3s2)cc1C. The molecule has 0 spiro atoms. The van der Waals surface area contributed by atoms with E-state index in [0.717, 1.165) is 36.1 Å². The predicted octanol–water partition coefficient (Wildman–Crippen LogP) is 3.32. The van der Waals surface area contributed by atoms with Crippen LogP contribution in [0.1, 0.15) is 12.6 Å². The van der Waals surface area contributed by atoms with E-state index in [1.54, 1.807) is 0 Å². The molecule has 6 nitrogen and oxygen atoms in total. The van der Waals surface area contributed by atoms with Crippen LogP contribution in [0.25, 0.3) is 27.1 Å². The molecule has 0 saturated heterocycles. The second-order valence-corrected chi connectivity index (χ2v) is 6.19. The van der Waals surface area contributed by atoms with E-state index < -0.39 is 11.6 Å². The van der Waals surface area contributed by atoms with Crippen LogP contribution in [-0.2, 0) is 6.54 Å².